The lowest BCUT2D eigenvalue weighted by Crippen LogP contribution is -2.51. The first-order chi connectivity index (χ1) is 13.7. The Morgan fingerprint density at radius 1 is 1.11 bits per heavy atom. The highest BCUT2D eigenvalue weighted by Gasteiger charge is 2.24. The maximum Gasteiger partial charge on any atom is 0.254 e. The minimum Gasteiger partial charge on any atom is -0.490 e. The third-order valence-corrected chi connectivity index (χ3v) is 4.87. The van der Waals surface area contributed by atoms with Gasteiger partial charge in [0.05, 0.1) is 19.8 Å². The molecule has 0 spiro atoms. The molecule has 8 nitrogen and oxygen atoms in total. The molecule has 2 heterocycles. The maximum absolute atomic E-state index is 12.8. The van der Waals surface area contributed by atoms with Crippen LogP contribution in [0.5, 0.6) is 11.5 Å². The number of carbonyl (C=O) groups is 2. The standard InChI is InChI=1S/C20H29N3O5/c1-26-11-2-6-21-19(24)15-22-7-9-23(10-8-22)20(25)16-4-5-17-18(14-16)28-13-3-12-27-17/h4-5,14H,2-3,6-13,15H2,1H3,(H,21,24). The van der Waals surface area contributed by atoms with Crippen LogP contribution in [0, 0.1) is 0 Å². The number of carbonyl (C=O) groups excluding carboxylic acids is 2. The van der Waals surface area contributed by atoms with Crippen molar-refractivity contribution in [3.05, 3.63) is 23.8 Å². The van der Waals surface area contributed by atoms with Gasteiger partial charge in [0.2, 0.25) is 5.91 Å². The SMILES string of the molecule is COCCCNC(=O)CN1CCN(C(=O)c2ccc3c(c2)OCCCO3)CC1. The van der Waals surface area contributed by atoms with Gasteiger partial charge in [0.25, 0.3) is 5.91 Å². The minimum atomic E-state index is -0.0145. The first kappa shape index (κ1) is 20.4. The fourth-order valence-corrected chi connectivity index (χ4v) is 3.29. The molecule has 0 unspecified atom stereocenters. The molecule has 2 aliphatic rings. The molecule has 1 fully saturated rings. The summed E-state index contributed by atoms with van der Waals surface area (Å²) >= 11 is 0. The number of nitrogens with one attached hydrogen (secondary N) is 1. The Balaban J connectivity index is 1.46. The van der Waals surface area contributed by atoms with E-state index in [1.165, 1.54) is 0 Å². The normalized spacial score (nSPS) is 17.1. The maximum atomic E-state index is 12.8. The molecule has 1 aromatic carbocycles. The molecule has 1 aromatic rings. The number of amides is 2. The van der Waals surface area contributed by atoms with E-state index in [2.05, 4.69) is 10.2 Å². The van der Waals surface area contributed by atoms with E-state index in [1.807, 2.05) is 4.90 Å². The lowest BCUT2D eigenvalue weighted by atomic mass is 10.1. The molecule has 3 rings (SSSR count). The van der Waals surface area contributed by atoms with Crippen molar-refractivity contribution in [3.8, 4) is 11.5 Å². The van der Waals surface area contributed by atoms with Crippen molar-refractivity contribution in [2.75, 3.05) is 66.2 Å². The summed E-state index contributed by atoms with van der Waals surface area (Å²) < 4.78 is 16.3. The average Bonchev–Trinajstić information content (AvgIpc) is 2.96. The number of nitrogens with zero attached hydrogens (tertiary/aromatic N) is 2. The van der Waals surface area contributed by atoms with Crippen molar-refractivity contribution in [1.82, 2.24) is 15.1 Å². The summed E-state index contributed by atoms with van der Waals surface area (Å²) in [5.41, 5.74) is 0.605. The van der Waals surface area contributed by atoms with Crippen LogP contribution in [0.25, 0.3) is 0 Å². The number of fused-ring (bicyclic) bond motifs is 1. The summed E-state index contributed by atoms with van der Waals surface area (Å²) in [5, 5.41) is 2.89. The van der Waals surface area contributed by atoms with E-state index in [9.17, 15) is 9.59 Å². The summed E-state index contributed by atoms with van der Waals surface area (Å²) in [6.07, 6.45) is 1.64. The van der Waals surface area contributed by atoms with E-state index in [0.29, 0.717) is 76.2 Å². The Morgan fingerprint density at radius 2 is 1.86 bits per heavy atom. The first-order valence-electron chi connectivity index (χ1n) is 9.84. The zero-order chi connectivity index (χ0) is 19.8. The van der Waals surface area contributed by atoms with E-state index in [4.69, 9.17) is 14.2 Å². The van der Waals surface area contributed by atoms with Crippen LogP contribution in [0.4, 0.5) is 0 Å². The number of ether oxygens (including phenoxy) is 3. The second-order valence-corrected chi connectivity index (χ2v) is 6.98. The molecule has 1 N–H and O–H groups in total. The van der Waals surface area contributed by atoms with Crippen molar-refractivity contribution in [3.63, 3.8) is 0 Å². The van der Waals surface area contributed by atoms with Crippen molar-refractivity contribution in [2.45, 2.75) is 12.8 Å². The van der Waals surface area contributed by atoms with Gasteiger partial charge < -0.3 is 24.4 Å². The fourth-order valence-electron chi connectivity index (χ4n) is 3.29. The molecule has 8 heteroatoms. The first-order valence-corrected chi connectivity index (χ1v) is 9.84. The smallest absolute Gasteiger partial charge is 0.254 e. The molecule has 28 heavy (non-hydrogen) atoms. The van der Waals surface area contributed by atoms with E-state index in [-0.39, 0.29) is 11.8 Å². The monoisotopic (exact) mass is 391 g/mol. The summed E-state index contributed by atoms with van der Waals surface area (Å²) in [5.74, 6) is 1.32. The molecule has 0 bridgehead atoms. The van der Waals surface area contributed by atoms with Gasteiger partial charge in [-0.1, -0.05) is 0 Å². The van der Waals surface area contributed by atoms with Crippen LogP contribution in [-0.2, 0) is 9.53 Å². The molecule has 154 valence electrons. The molecular formula is C20H29N3O5. The summed E-state index contributed by atoms with van der Waals surface area (Å²) in [4.78, 5) is 28.7. The number of hydrogen-bond donors (Lipinski definition) is 1. The van der Waals surface area contributed by atoms with Gasteiger partial charge in [0.1, 0.15) is 0 Å². The predicted molar refractivity (Wildman–Crippen MR) is 104 cm³/mol. The van der Waals surface area contributed by atoms with Gasteiger partial charge in [-0.15, -0.1) is 0 Å². The highest BCUT2D eigenvalue weighted by molar-refractivity contribution is 5.95. The Labute approximate surface area is 165 Å². The van der Waals surface area contributed by atoms with Gasteiger partial charge in [-0.3, -0.25) is 14.5 Å². The fraction of sp³-hybridized carbons (Fsp3) is 0.600. The van der Waals surface area contributed by atoms with Crippen molar-refractivity contribution < 1.29 is 23.8 Å². The number of rotatable bonds is 7. The van der Waals surface area contributed by atoms with Crippen molar-refractivity contribution in [1.29, 1.82) is 0 Å². The lowest BCUT2D eigenvalue weighted by molar-refractivity contribution is -0.122. The molecule has 2 aliphatic heterocycles. The molecule has 0 aromatic heterocycles. The Bertz CT molecular complexity index is 674. The second kappa shape index (κ2) is 10.3. The molecule has 0 atom stereocenters. The summed E-state index contributed by atoms with van der Waals surface area (Å²) in [7, 11) is 1.65. The molecule has 2 amide bonds. The largest absolute Gasteiger partial charge is 0.490 e. The summed E-state index contributed by atoms with van der Waals surface area (Å²) in [6.45, 7) is 5.41. The van der Waals surface area contributed by atoms with Gasteiger partial charge in [-0.25, -0.2) is 0 Å². The van der Waals surface area contributed by atoms with Crippen molar-refractivity contribution in [2.24, 2.45) is 0 Å². The second-order valence-electron chi connectivity index (χ2n) is 6.98. The van der Waals surface area contributed by atoms with Crippen LogP contribution >= 0.6 is 0 Å². The third kappa shape index (κ3) is 5.59. The van der Waals surface area contributed by atoms with Crippen LogP contribution in [0.2, 0.25) is 0 Å². The average molecular weight is 391 g/mol. The Morgan fingerprint density at radius 3 is 2.61 bits per heavy atom. The number of benzene rings is 1. The molecular weight excluding hydrogens is 362 g/mol. The third-order valence-electron chi connectivity index (χ3n) is 4.87. The van der Waals surface area contributed by atoms with Crippen LogP contribution in [0.3, 0.4) is 0 Å². The van der Waals surface area contributed by atoms with E-state index in [1.54, 1.807) is 25.3 Å². The highest BCUT2D eigenvalue weighted by Crippen LogP contribution is 2.30. The minimum absolute atomic E-state index is 0.0128. The zero-order valence-corrected chi connectivity index (χ0v) is 16.4. The number of piperazine rings is 1. The van der Waals surface area contributed by atoms with Gasteiger partial charge in [-0.05, 0) is 24.6 Å². The molecule has 0 aliphatic carbocycles. The van der Waals surface area contributed by atoms with Crippen LogP contribution in [-0.4, -0.2) is 87.8 Å². The Hall–Kier alpha value is -2.32. The van der Waals surface area contributed by atoms with Gasteiger partial charge >= 0.3 is 0 Å². The topological polar surface area (TPSA) is 80.3 Å². The van der Waals surface area contributed by atoms with Crippen LogP contribution in [0.15, 0.2) is 18.2 Å². The lowest BCUT2D eigenvalue weighted by Gasteiger charge is -2.34. The Kier molecular flexibility index (Phi) is 7.50. The highest BCUT2D eigenvalue weighted by atomic mass is 16.5. The molecule has 0 radical (unpaired) electrons. The van der Waals surface area contributed by atoms with Crippen LogP contribution < -0.4 is 14.8 Å². The zero-order valence-electron chi connectivity index (χ0n) is 16.4. The van der Waals surface area contributed by atoms with E-state index in [0.717, 1.165) is 12.8 Å². The number of hydrogen-bond acceptors (Lipinski definition) is 6. The van der Waals surface area contributed by atoms with Gasteiger partial charge in [0, 0.05) is 58.4 Å². The summed E-state index contributed by atoms with van der Waals surface area (Å²) in [6, 6.07) is 5.36. The van der Waals surface area contributed by atoms with Gasteiger partial charge in [-0.2, -0.15) is 0 Å². The van der Waals surface area contributed by atoms with Crippen molar-refractivity contribution >= 4 is 11.8 Å². The molecule has 0 saturated carbocycles. The molecule has 1 saturated heterocycles. The van der Waals surface area contributed by atoms with Crippen LogP contribution in [0.1, 0.15) is 23.2 Å². The quantitative estimate of drug-likeness (QED) is 0.692. The number of methoxy groups -OCH3 is 1. The van der Waals surface area contributed by atoms with Gasteiger partial charge in [0.15, 0.2) is 11.5 Å². The van der Waals surface area contributed by atoms with E-state index >= 15 is 0 Å². The van der Waals surface area contributed by atoms with E-state index < -0.39 is 0 Å². The predicted octanol–water partition coefficient (Wildman–Crippen LogP) is 0.758.